The maximum atomic E-state index is 11.8. The molecule has 6 heteroatoms. The lowest BCUT2D eigenvalue weighted by atomic mass is 10.2. The van der Waals surface area contributed by atoms with Crippen molar-refractivity contribution in [3.63, 3.8) is 0 Å². The SMILES string of the molecule is Cc1ccc(NC(=O)COc2cc(Cl)cc(Cl)c2)cc1N. The molecule has 0 aliphatic heterocycles. The summed E-state index contributed by atoms with van der Waals surface area (Å²) >= 11 is 11.7. The number of nitrogens with one attached hydrogen (secondary N) is 1. The number of nitrogen functional groups attached to an aromatic ring is 1. The Labute approximate surface area is 132 Å². The highest BCUT2D eigenvalue weighted by Gasteiger charge is 2.06. The van der Waals surface area contributed by atoms with Crippen LogP contribution in [0.15, 0.2) is 36.4 Å². The van der Waals surface area contributed by atoms with Crippen LogP contribution in [0.3, 0.4) is 0 Å². The van der Waals surface area contributed by atoms with Gasteiger partial charge in [0.1, 0.15) is 5.75 Å². The van der Waals surface area contributed by atoms with E-state index in [1.165, 1.54) is 0 Å². The van der Waals surface area contributed by atoms with Crippen molar-refractivity contribution in [1.82, 2.24) is 0 Å². The fraction of sp³-hybridized carbons (Fsp3) is 0.133. The maximum absolute atomic E-state index is 11.8. The smallest absolute Gasteiger partial charge is 0.262 e. The molecule has 0 heterocycles. The second-order valence-corrected chi connectivity index (χ2v) is 5.39. The number of nitrogens with two attached hydrogens (primary N) is 1. The number of aryl methyl sites for hydroxylation is 1. The van der Waals surface area contributed by atoms with E-state index in [0.717, 1.165) is 5.56 Å². The number of amides is 1. The minimum absolute atomic E-state index is 0.148. The molecule has 2 aromatic rings. The van der Waals surface area contributed by atoms with Crippen LogP contribution >= 0.6 is 23.2 Å². The summed E-state index contributed by atoms with van der Waals surface area (Å²) in [4.78, 5) is 11.8. The molecule has 3 N–H and O–H groups in total. The van der Waals surface area contributed by atoms with Crippen molar-refractivity contribution in [2.45, 2.75) is 6.92 Å². The maximum Gasteiger partial charge on any atom is 0.262 e. The van der Waals surface area contributed by atoms with Gasteiger partial charge >= 0.3 is 0 Å². The first kappa shape index (κ1) is 15.5. The lowest BCUT2D eigenvalue weighted by molar-refractivity contribution is -0.118. The highest BCUT2D eigenvalue weighted by molar-refractivity contribution is 6.34. The third-order valence-corrected chi connectivity index (χ3v) is 3.21. The molecule has 1 amide bonds. The number of anilines is 2. The fourth-order valence-corrected chi connectivity index (χ4v) is 2.18. The van der Waals surface area contributed by atoms with Crippen LogP contribution in [0.25, 0.3) is 0 Å². The van der Waals surface area contributed by atoms with E-state index < -0.39 is 0 Å². The summed E-state index contributed by atoms with van der Waals surface area (Å²) in [5.41, 5.74) is 7.98. The van der Waals surface area contributed by atoms with Crippen LogP contribution < -0.4 is 15.8 Å². The van der Waals surface area contributed by atoms with Gasteiger partial charge in [0, 0.05) is 21.4 Å². The predicted molar refractivity (Wildman–Crippen MR) is 86.2 cm³/mol. The van der Waals surface area contributed by atoms with Crippen molar-refractivity contribution in [3.8, 4) is 5.75 Å². The molecule has 0 radical (unpaired) electrons. The molecule has 0 aliphatic carbocycles. The second-order valence-electron chi connectivity index (χ2n) is 4.51. The van der Waals surface area contributed by atoms with Gasteiger partial charge in [-0.3, -0.25) is 4.79 Å². The quantitative estimate of drug-likeness (QED) is 0.838. The Morgan fingerprint density at radius 1 is 1.19 bits per heavy atom. The molecule has 4 nitrogen and oxygen atoms in total. The van der Waals surface area contributed by atoms with Gasteiger partial charge in [0.2, 0.25) is 0 Å². The zero-order valence-electron chi connectivity index (χ0n) is 11.3. The van der Waals surface area contributed by atoms with E-state index in [9.17, 15) is 4.79 Å². The van der Waals surface area contributed by atoms with Gasteiger partial charge in [0.25, 0.3) is 5.91 Å². The lowest BCUT2D eigenvalue weighted by Crippen LogP contribution is -2.20. The lowest BCUT2D eigenvalue weighted by Gasteiger charge is -2.09. The largest absolute Gasteiger partial charge is 0.484 e. The first-order valence-electron chi connectivity index (χ1n) is 6.19. The topological polar surface area (TPSA) is 64.3 Å². The Hall–Kier alpha value is -1.91. The van der Waals surface area contributed by atoms with Gasteiger partial charge in [0.05, 0.1) is 0 Å². The Bertz CT molecular complexity index is 654. The van der Waals surface area contributed by atoms with Crippen LogP contribution in [0.4, 0.5) is 11.4 Å². The van der Waals surface area contributed by atoms with Crippen molar-refractivity contribution in [1.29, 1.82) is 0 Å². The van der Waals surface area contributed by atoms with Crippen molar-refractivity contribution in [2.24, 2.45) is 0 Å². The minimum atomic E-state index is -0.297. The van der Waals surface area contributed by atoms with Crippen LogP contribution in [0, 0.1) is 6.92 Å². The first-order chi connectivity index (χ1) is 9.94. The average molecular weight is 325 g/mol. The third-order valence-electron chi connectivity index (χ3n) is 2.77. The van der Waals surface area contributed by atoms with Gasteiger partial charge in [-0.05, 0) is 42.8 Å². The molecular weight excluding hydrogens is 311 g/mol. The standard InChI is InChI=1S/C15H14Cl2N2O2/c1-9-2-3-12(7-14(9)18)19-15(20)8-21-13-5-10(16)4-11(17)6-13/h2-7H,8,18H2,1H3,(H,19,20). The zero-order valence-corrected chi connectivity index (χ0v) is 12.8. The van der Waals surface area contributed by atoms with Crippen molar-refractivity contribution < 1.29 is 9.53 Å². The van der Waals surface area contributed by atoms with Crippen LogP contribution in [-0.4, -0.2) is 12.5 Å². The van der Waals surface area contributed by atoms with Gasteiger partial charge in [-0.1, -0.05) is 29.3 Å². The molecule has 0 unspecified atom stereocenters. The highest BCUT2D eigenvalue weighted by Crippen LogP contribution is 2.24. The minimum Gasteiger partial charge on any atom is -0.484 e. The van der Waals surface area contributed by atoms with Gasteiger partial charge < -0.3 is 15.8 Å². The van der Waals surface area contributed by atoms with Gasteiger partial charge in [-0.2, -0.15) is 0 Å². The number of benzene rings is 2. The number of carbonyl (C=O) groups is 1. The van der Waals surface area contributed by atoms with E-state index in [1.807, 2.05) is 13.0 Å². The van der Waals surface area contributed by atoms with E-state index in [1.54, 1.807) is 30.3 Å². The zero-order chi connectivity index (χ0) is 15.4. The van der Waals surface area contributed by atoms with Gasteiger partial charge in [0.15, 0.2) is 6.61 Å². The molecule has 110 valence electrons. The second kappa shape index (κ2) is 6.70. The normalized spacial score (nSPS) is 10.2. The molecule has 2 rings (SSSR count). The van der Waals surface area contributed by atoms with E-state index in [0.29, 0.717) is 27.2 Å². The molecular formula is C15H14Cl2N2O2. The molecule has 0 aliphatic rings. The molecule has 21 heavy (non-hydrogen) atoms. The van der Waals surface area contributed by atoms with E-state index >= 15 is 0 Å². The molecule has 0 spiro atoms. The average Bonchev–Trinajstić information content (AvgIpc) is 2.40. The summed E-state index contributed by atoms with van der Waals surface area (Å²) in [5.74, 6) is 0.139. The van der Waals surface area contributed by atoms with Gasteiger partial charge in [-0.15, -0.1) is 0 Å². The number of hydrogen-bond donors (Lipinski definition) is 2. The molecule has 0 atom stereocenters. The number of carbonyl (C=O) groups excluding carboxylic acids is 1. The van der Waals surface area contributed by atoms with Crippen LogP contribution in [-0.2, 0) is 4.79 Å². The Morgan fingerprint density at radius 3 is 2.48 bits per heavy atom. The summed E-state index contributed by atoms with van der Waals surface area (Å²) in [5, 5.41) is 3.60. The summed E-state index contributed by atoms with van der Waals surface area (Å²) in [6.45, 7) is 1.75. The van der Waals surface area contributed by atoms with Crippen molar-refractivity contribution in [2.75, 3.05) is 17.7 Å². The number of hydrogen-bond acceptors (Lipinski definition) is 3. The highest BCUT2D eigenvalue weighted by atomic mass is 35.5. The Kier molecular flexibility index (Phi) is 4.94. The summed E-state index contributed by atoms with van der Waals surface area (Å²) in [7, 11) is 0. The molecule has 0 saturated carbocycles. The van der Waals surface area contributed by atoms with Crippen LogP contribution in [0.2, 0.25) is 10.0 Å². The summed E-state index contributed by atoms with van der Waals surface area (Å²) in [6.07, 6.45) is 0. The van der Waals surface area contributed by atoms with E-state index in [4.69, 9.17) is 33.7 Å². The summed E-state index contributed by atoms with van der Waals surface area (Å²) in [6, 6.07) is 10.1. The van der Waals surface area contributed by atoms with Gasteiger partial charge in [-0.25, -0.2) is 0 Å². The van der Waals surface area contributed by atoms with Crippen LogP contribution in [0.5, 0.6) is 5.75 Å². The molecule has 0 aromatic heterocycles. The number of ether oxygens (including phenoxy) is 1. The van der Waals surface area contributed by atoms with E-state index in [2.05, 4.69) is 5.32 Å². The predicted octanol–water partition coefficient (Wildman–Crippen LogP) is 3.90. The Balaban J connectivity index is 1.94. The first-order valence-corrected chi connectivity index (χ1v) is 6.94. The van der Waals surface area contributed by atoms with E-state index in [-0.39, 0.29) is 12.5 Å². The fourth-order valence-electron chi connectivity index (χ4n) is 1.68. The molecule has 0 bridgehead atoms. The van der Waals surface area contributed by atoms with Crippen LogP contribution in [0.1, 0.15) is 5.56 Å². The summed E-state index contributed by atoms with van der Waals surface area (Å²) < 4.78 is 5.34. The molecule has 0 saturated heterocycles. The van der Waals surface area contributed by atoms with Crippen molar-refractivity contribution >= 4 is 40.5 Å². The monoisotopic (exact) mass is 324 g/mol. The van der Waals surface area contributed by atoms with Crippen molar-refractivity contribution in [3.05, 3.63) is 52.0 Å². The number of halogens is 2. The third kappa shape index (κ3) is 4.55. The Morgan fingerprint density at radius 2 is 1.86 bits per heavy atom. The number of rotatable bonds is 4. The molecule has 0 fully saturated rings. The molecule has 2 aromatic carbocycles.